The van der Waals surface area contributed by atoms with Gasteiger partial charge in [0.2, 0.25) is 0 Å². The number of H-pyrrole nitrogens is 1. The van der Waals surface area contributed by atoms with E-state index in [1.54, 1.807) is 18.2 Å². The molecular formula is C13H8N4O4. The van der Waals surface area contributed by atoms with Crippen molar-refractivity contribution in [3.05, 3.63) is 62.7 Å². The predicted octanol–water partition coefficient (Wildman–Crippen LogP) is 3.05. The van der Waals surface area contributed by atoms with Gasteiger partial charge in [0, 0.05) is 35.2 Å². The maximum absolute atomic E-state index is 10.7. The summed E-state index contributed by atoms with van der Waals surface area (Å²) in [4.78, 5) is 20.4. The molecule has 104 valence electrons. The molecule has 8 heteroatoms. The van der Waals surface area contributed by atoms with Crippen LogP contribution in [0, 0.1) is 20.2 Å². The summed E-state index contributed by atoms with van der Waals surface area (Å²) in [5.74, 6) is 0. The lowest BCUT2D eigenvalue weighted by atomic mass is 10.1. The molecule has 21 heavy (non-hydrogen) atoms. The van der Waals surface area contributed by atoms with Crippen molar-refractivity contribution in [2.45, 2.75) is 0 Å². The minimum atomic E-state index is -0.480. The van der Waals surface area contributed by atoms with Crippen molar-refractivity contribution in [2.75, 3.05) is 0 Å². The molecule has 8 nitrogen and oxygen atoms in total. The molecule has 0 fully saturated rings. The van der Waals surface area contributed by atoms with E-state index in [2.05, 4.69) is 10.2 Å². The Bertz CT molecular complexity index is 854. The summed E-state index contributed by atoms with van der Waals surface area (Å²) in [6.07, 6.45) is 0. The SMILES string of the molecule is O=[N+]([O-])c1ccc(-c2n[nH]c3cc([N+](=O)[O-])ccc23)cc1. The molecule has 0 saturated heterocycles. The number of benzene rings is 2. The Labute approximate surface area is 117 Å². The van der Waals surface area contributed by atoms with Crippen molar-refractivity contribution < 1.29 is 9.85 Å². The van der Waals surface area contributed by atoms with Gasteiger partial charge in [0.05, 0.1) is 21.1 Å². The molecule has 1 aromatic heterocycles. The molecule has 3 rings (SSSR count). The third-order valence-electron chi connectivity index (χ3n) is 3.11. The van der Waals surface area contributed by atoms with E-state index < -0.39 is 9.85 Å². The van der Waals surface area contributed by atoms with Gasteiger partial charge in [-0.2, -0.15) is 5.10 Å². The zero-order valence-electron chi connectivity index (χ0n) is 10.5. The Hall–Kier alpha value is -3.29. The molecule has 0 aliphatic carbocycles. The highest BCUT2D eigenvalue weighted by molar-refractivity contribution is 5.94. The first-order valence-electron chi connectivity index (χ1n) is 5.93. The Balaban J connectivity index is 2.08. The van der Waals surface area contributed by atoms with Gasteiger partial charge < -0.3 is 0 Å². The summed E-state index contributed by atoms with van der Waals surface area (Å²) in [5.41, 5.74) is 1.80. The van der Waals surface area contributed by atoms with Gasteiger partial charge in [-0.3, -0.25) is 25.3 Å². The van der Waals surface area contributed by atoms with Gasteiger partial charge in [-0.25, -0.2) is 0 Å². The van der Waals surface area contributed by atoms with Gasteiger partial charge in [0.15, 0.2) is 0 Å². The number of fused-ring (bicyclic) bond motifs is 1. The molecular weight excluding hydrogens is 276 g/mol. The van der Waals surface area contributed by atoms with Crippen LogP contribution in [0.3, 0.4) is 0 Å². The fraction of sp³-hybridized carbons (Fsp3) is 0. The van der Waals surface area contributed by atoms with Crippen LogP contribution < -0.4 is 0 Å². The standard InChI is InChI=1S/C13H8N4O4/c18-16(19)9-3-1-8(2-4-9)13-11-6-5-10(17(20)21)7-12(11)14-15-13/h1-7H,(H,14,15). The van der Waals surface area contributed by atoms with E-state index in [9.17, 15) is 20.2 Å². The van der Waals surface area contributed by atoms with Crippen LogP contribution in [-0.2, 0) is 0 Å². The van der Waals surface area contributed by atoms with Crippen LogP contribution in [0.25, 0.3) is 22.2 Å². The summed E-state index contributed by atoms with van der Waals surface area (Å²) in [7, 11) is 0. The molecule has 1 N–H and O–H groups in total. The summed E-state index contributed by atoms with van der Waals surface area (Å²) >= 11 is 0. The van der Waals surface area contributed by atoms with Crippen LogP contribution in [-0.4, -0.2) is 20.0 Å². The number of rotatable bonds is 3. The number of nitro groups is 2. The molecule has 0 saturated carbocycles. The molecule has 1 heterocycles. The first kappa shape index (κ1) is 12.7. The second kappa shape index (κ2) is 4.67. The smallest absolute Gasteiger partial charge is 0.271 e. The highest BCUT2D eigenvalue weighted by atomic mass is 16.6. The maximum Gasteiger partial charge on any atom is 0.271 e. The van der Waals surface area contributed by atoms with Crippen LogP contribution in [0.5, 0.6) is 0 Å². The number of hydrogen-bond acceptors (Lipinski definition) is 5. The zero-order chi connectivity index (χ0) is 15.0. The van der Waals surface area contributed by atoms with E-state index in [1.807, 2.05) is 0 Å². The van der Waals surface area contributed by atoms with Crippen molar-refractivity contribution in [3.8, 4) is 11.3 Å². The molecule has 2 aromatic carbocycles. The number of aromatic nitrogens is 2. The fourth-order valence-electron chi connectivity index (χ4n) is 2.08. The lowest BCUT2D eigenvalue weighted by Crippen LogP contribution is -1.88. The normalized spacial score (nSPS) is 10.7. The second-order valence-corrected chi connectivity index (χ2v) is 4.36. The molecule has 0 bridgehead atoms. The Morgan fingerprint density at radius 3 is 2.14 bits per heavy atom. The lowest BCUT2D eigenvalue weighted by Gasteiger charge is -1.98. The molecule has 0 aliphatic rings. The van der Waals surface area contributed by atoms with E-state index in [4.69, 9.17) is 0 Å². The Morgan fingerprint density at radius 1 is 0.905 bits per heavy atom. The Kier molecular flexibility index (Phi) is 2.83. The number of hydrogen-bond donors (Lipinski definition) is 1. The molecule has 0 aliphatic heterocycles. The number of aromatic amines is 1. The minimum Gasteiger partial charge on any atom is -0.277 e. The number of non-ortho nitro benzene ring substituents is 2. The van der Waals surface area contributed by atoms with E-state index in [0.29, 0.717) is 16.8 Å². The number of nitro benzene ring substituents is 2. The van der Waals surface area contributed by atoms with Gasteiger partial charge in [-0.05, 0) is 18.2 Å². The summed E-state index contributed by atoms with van der Waals surface area (Å²) in [6, 6.07) is 10.4. The van der Waals surface area contributed by atoms with Crippen molar-refractivity contribution in [1.29, 1.82) is 0 Å². The van der Waals surface area contributed by atoms with Crippen LogP contribution in [0.15, 0.2) is 42.5 Å². The molecule has 3 aromatic rings. The Morgan fingerprint density at radius 2 is 1.52 bits per heavy atom. The highest BCUT2D eigenvalue weighted by Gasteiger charge is 2.13. The largest absolute Gasteiger partial charge is 0.277 e. The average Bonchev–Trinajstić information content (AvgIpc) is 2.90. The first-order chi connectivity index (χ1) is 10.1. The summed E-state index contributed by atoms with van der Waals surface area (Å²) in [6.45, 7) is 0. The maximum atomic E-state index is 10.7. The fourth-order valence-corrected chi connectivity index (χ4v) is 2.08. The summed E-state index contributed by atoms with van der Waals surface area (Å²) in [5, 5.41) is 28.9. The van der Waals surface area contributed by atoms with Crippen LogP contribution in [0.2, 0.25) is 0 Å². The zero-order valence-corrected chi connectivity index (χ0v) is 10.5. The third kappa shape index (κ3) is 2.18. The van der Waals surface area contributed by atoms with Crippen molar-refractivity contribution >= 4 is 22.3 Å². The van der Waals surface area contributed by atoms with E-state index in [1.165, 1.54) is 24.3 Å². The molecule has 0 spiro atoms. The van der Waals surface area contributed by atoms with E-state index in [-0.39, 0.29) is 11.4 Å². The highest BCUT2D eigenvalue weighted by Crippen LogP contribution is 2.29. The lowest BCUT2D eigenvalue weighted by molar-refractivity contribution is -0.385. The molecule has 0 amide bonds. The number of nitrogens with one attached hydrogen (secondary N) is 1. The van der Waals surface area contributed by atoms with Crippen LogP contribution in [0.4, 0.5) is 11.4 Å². The van der Waals surface area contributed by atoms with Crippen molar-refractivity contribution in [2.24, 2.45) is 0 Å². The van der Waals surface area contributed by atoms with Crippen LogP contribution >= 0.6 is 0 Å². The quantitative estimate of drug-likeness (QED) is 0.586. The van der Waals surface area contributed by atoms with Crippen molar-refractivity contribution in [3.63, 3.8) is 0 Å². The van der Waals surface area contributed by atoms with Gasteiger partial charge in [-0.15, -0.1) is 0 Å². The second-order valence-electron chi connectivity index (χ2n) is 4.36. The van der Waals surface area contributed by atoms with Gasteiger partial charge in [0.1, 0.15) is 0 Å². The van der Waals surface area contributed by atoms with E-state index in [0.717, 1.165) is 5.39 Å². The number of nitrogens with zero attached hydrogens (tertiary/aromatic N) is 3. The molecule has 0 atom stereocenters. The first-order valence-corrected chi connectivity index (χ1v) is 5.93. The topological polar surface area (TPSA) is 115 Å². The molecule has 0 radical (unpaired) electrons. The van der Waals surface area contributed by atoms with Gasteiger partial charge >= 0.3 is 0 Å². The van der Waals surface area contributed by atoms with Crippen molar-refractivity contribution in [1.82, 2.24) is 10.2 Å². The predicted molar refractivity (Wildman–Crippen MR) is 74.8 cm³/mol. The monoisotopic (exact) mass is 284 g/mol. The van der Waals surface area contributed by atoms with Crippen LogP contribution in [0.1, 0.15) is 0 Å². The average molecular weight is 284 g/mol. The minimum absolute atomic E-state index is 0.00534. The third-order valence-corrected chi connectivity index (χ3v) is 3.11. The van der Waals surface area contributed by atoms with E-state index >= 15 is 0 Å². The summed E-state index contributed by atoms with van der Waals surface area (Å²) < 4.78 is 0. The van der Waals surface area contributed by atoms with Gasteiger partial charge in [-0.1, -0.05) is 0 Å². The van der Waals surface area contributed by atoms with Gasteiger partial charge in [0.25, 0.3) is 11.4 Å². The molecule has 0 unspecified atom stereocenters.